The zero-order valence-electron chi connectivity index (χ0n) is 11.6. The molecule has 0 aromatic heterocycles. The summed E-state index contributed by atoms with van der Waals surface area (Å²) in [5.41, 5.74) is 0. The maximum Gasteiger partial charge on any atom is 0.406 e. The average Bonchev–Trinajstić information content (AvgIpc) is 2.37. The Balaban J connectivity index is 2.81. The standard InChI is InChI=1S/C13H23F3N2O/c1-3-10(4-2)12(19)18(9-13(14,15)16)11-5-7-17-8-6-11/h10-11,17H,3-9H2,1-2H3. The zero-order chi connectivity index (χ0) is 14.5. The first-order chi connectivity index (χ1) is 8.89. The van der Waals surface area contributed by atoms with E-state index in [1.807, 2.05) is 13.8 Å². The lowest BCUT2D eigenvalue weighted by Crippen LogP contribution is -2.51. The molecule has 112 valence electrons. The molecule has 0 bridgehead atoms. The highest BCUT2D eigenvalue weighted by Gasteiger charge is 2.38. The minimum Gasteiger partial charge on any atom is -0.330 e. The van der Waals surface area contributed by atoms with Crippen LogP contribution in [0.1, 0.15) is 39.5 Å². The van der Waals surface area contributed by atoms with Crippen LogP contribution in [-0.2, 0) is 4.79 Å². The number of carbonyl (C=O) groups excluding carboxylic acids is 1. The van der Waals surface area contributed by atoms with E-state index in [1.165, 1.54) is 0 Å². The second-order valence-electron chi connectivity index (χ2n) is 5.08. The van der Waals surface area contributed by atoms with E-state index in [4.69, 9.17) is 0 Å². The molecular weight excluding hydrogens is 257 g/mol. The molecule has 1 aliphatic rings. The Morgan fingerprint density at radius 1 is 1.26 bits per heavy atom. The van der Waals surface area contributed by atoms with Gasteiger partial charge in [0, 0.05) is 12.0 Å². The molecule has 0 aromatic carbocycles. The van der Waals surface area contributed by atoms with Gasteiger partial charge in [0.05, 0.1) is 0 Å². The van der Waals surface area contributed by atoms with Gasteiger partial charge in [0.25, 0.3) is 0 Å². The summed E-state index contributed by atoms with van der Waals surface area (Å²) >= 11 is 0. The smallest absolute Gasteiger partial charge is 0.330 e. The van der Waals surface area contributed by atoms with E-state index in [2.05, 4.69) is 5.32 Å². The fourth-order valence-electron chi connectivity index (χ4n) is 2.57. The van der Waals surface area contributed by atoms with Crippen LogP contribution in [-0.4, -0.2) is 42.7 Å². The van der Waals surface area contributed by atoms with E-state index in [0.29, 0.717) is 38.8 Å². The lowest BCUT2D eigenvalue weighted by atomic mass is 9.98. The number of piperidine rings is 1. The molecule has 19 heavy (non-hydrogen) atoms. The Bertz CT molecular complexity index is 284. The van der Waals surface area contributed by atoms with Crippen LogP contribution in [0.4, 0.5) is 13.2 Å². The van der Waals surface area contributed by atoms with Gasteiger partial charge in [0.2, 0.25) is 5.91 Å². The van der Waals surface area contributed by atoms with Crippen LogP contribution in [0.15, 0.2) is 0 Å². The number of rotatable bonds is 5. The number of carbonyl (C=O) groups is 1. The van der Waals surface area contributed by atoms with Crippen molar-refractivity contribution in [2.75, 3.05) is 19.6 Å². The highest BCUT2D eigenvalue weighted by atomic mass is 19.4. The zero-order valence-corrected chi connectivity index (χ0v) is 11.6. The molecule has 1 fully saturated rings. The number of amides is 1. The molecule has 1 aliphatic heterocycles. The summed E-state index contributed by atoms with van der Waals surface area (Å²) in [5.74, 6) is -0.633. The van der Waals surface area contributed by atoms with Crippen LogP contribution in [0, 0.1) is 5.92 Å². The fourth-order valence-corrected chi connectivity index (χ4v) is 2.57. The van der Waals surface area contributed by atoms with Gasteiger partial charge in [-0.15, -0.1) is 0 Å². The summed E-state index contributed by atoms with van der Waals surface area (Å²) in [4.78, 5) is 13.4. The molecule has 1 saturated heterocycles. The second-order valence-corrected chi connectivity index (χ2v) is 5.08. The first-order valence-corrected chi connectivity index (χ1v) is 6.97. The van der Waals surface area contributed by atoms with Crippen LogP contribution >= 0.6 is 0 Å². The Kier molecular flexibility index (Phi) is 6.10. The van der Waals surface area contributed by atoms with Crippen LogP contribution in [0.2, 0.25) is 0 Å². The Morgan fingerprint density at radius 3 is 2.21 bits per heavy atom. The Morgan fingerprint density at radius 2 is 1.79 bits per heavy atom. The molecule has 1 rings (SSSR count). The molecule has 1 heterocycles. The molecule has 1 N–H and O–H groups in total. The third-order valence-electron chi connectivity index (χ3n) is 3.72. The summed E-state index contributed by atoms with van der Waals surface area (Å²) in [6.45, 7) is 3.93. The van der Waals surface area contributed by atoms with Gasteiger partial charge in [0.1, 0.15) is 6.54 Å². The van der Waals surface area contributed by atoms with Gasteiger partial charge in [-0.25, -0.2) is 0 Å². The highest BCUT2D eigenvalue weighted by molar-refractivity contribution is 5.79. The van der Waals surface area contributed by atoms with Crippen LogP contribution in [0.5, 0.6) is 0 Å². The predicted molar refractivity (Wildman–Crippen MR) is 67.7 cm³/mol. The van der Waals surface area contributed by atoms with Crippen molar-refractivity contribution in [3.8, 4) is 0 Å². The Hall–Kier alpha value is -0.780. The number of halogens is 3. The lowest BCUT2D eigenvalue weighted by molar-refractivity contribution is -0.169. The average molecular weight is 280 g/mol. The third kappa shape index (κ3) is 5.01. The van der Waals surface area contributed by atoms with Crippen molar-refractivity contribution >= 4 is 5.91 Å². The molecule has 0 aliphatic carbocycles. The summed E-state index contributed by atoms with van der Waals surface area (Å²) in [6.07, 6.45) is -1.94. The number of hydrogen-bond acceptors (Lipinski definition) is 2. The highest BCUT2D eigenvalue weighted by Crippen LogP contribution is 2.24. The lowest BCUT2D eigenvalue weighted by Gasteiger charge is -2.37. The van der Waals surface area contributed by atoms with E-state index >= 15 is 0 Å². The number of nitrogens with zero attached hydrogens (tertiary/aromatic N) is 1. The van der Waals surface area contributed by atoms with E-state index in [1.54, 1.807) is 0 Å². The van der Waals surface area contributed by atoms with Crippen molar-refractivity contribution < 1.29 is 18.0 Å². The summed E-state index contributed by atoms with van der Waals surface area (Å²) < 4.78 is 38.0. The van der Waals surface area contributed by atoms with Gasteiger partial charge in [0.15, 0.2) is 0 Å². The minimum absolute atomic E-state index is 0.282. The van der Waals surface area contributed by atoms with Crippen LogP contribution < -0.4 is 5.32 Å². The van der Waals surface area contributed by atoms with E-state index in [9.17, 15) is 18.0 Å². The van der Waals surface area contributed by atoms with E-state index < -0.39 is 12.7 Å². The monoisotopic (exact) mass is 280 g/mol. The van der Waals surface area contributed by atoms with Gasteiger partial charge < -0.3 is 10.2 Å². The van der Waals surface area contributed by atoms with Crippen molar-refractivity contribution in [2.24, 2.45) is 5.92 Å². The second kappa shape index (κ2) is 7.12. The summed E-state index contributed by atoms with van der Waals surface area (Å²) in [5, 5.41) is 3.11. The summed E-state index contributed by atoms with van der Waals surface area (Å²) in [6, 6.07) is -0.282. The van der Waals surface area contributed by atoms with Gasteiger partial charge in [-0.3, -0.25) is 4.79 Å². The van der Waals surface area contributed by atoms with Crippen molar-refractivity contribution in [1.82, 2.24) is 10.2 Å². The molecular formula is C13H23F3N2O. The first-order valence-electron chi connectivity index (χ1n) is 6.97. The first kappa shape index (κ1) is 16.3. The minimum atomic E-state index is -4.33. The molecule has 0 aromatic rings. The van der Waals surface area contributed by atoms with Gasteiger partial charge >= 0.3 is 6.18 Å². The summed E-state index contributed by atoms with van der Waals surface area (Å²) in [7, 11) is 0. The van der Waals surface area contributed by atoms with E-state index in [-0.39, 0.29) is 17.9 Å². The van der Waals surface area contributed by atoms with E-state index in [0.717, 1.165) is 4.90 Å². The number of nitrogens with one attached hydrogen (secondary N) is 1. The molecule has 3 nitrogen and oxygen atoms in total. The number of alkyl halides is 3. The van der Waals surface area contributed by atoms with Gasteiger partial charge in [-0.2, -0.15) is 13.2 Å². The van der Waals surface area contributed by atoms with Gasteiger partial charge in [-0.1, -0.05) is 13.8 Å². The van der Waals surface area contributed by atoms with Crippen LogP contribution in [0.3, 0.4) is 0 Å². The van der Waals surface area contributed by atoms with Crippen LogP contribution in [0.25, 0.3) is 0 Å². The maximum atomic E-state index is 12.7. The molecule has 0 saturated carbocycles. The third-order valence-corrected chi connectivity index (χ3v) is 3.72. The molecule has 0 radical (unpaired) electrons. The quantitative estimate of drug-likeness (QED) is 0.839. The molecule has 0 spiro atoms. The molecule has 6 heteroatoms. The topological polar surface area (TPSA) is 32.3 Å². The number of hydrogen-bond donors (Lipinski definition) is 1. The van der Waals surface area contributed by atoms with Crippen molar-refractivity contribution in [3.05, 3.63) is 0 Å². The molecule has 0 unspecified atom stereocenters. The molecule has 1 amide bonds. The molecule has 0 atom stereocenters. The predicted octanol–water partition coefficient (Wildman–Crippen LogP) is 2.57. The Labute approximate surface area is 112 Å². The normalized spacial score (nSPS) is 17.8. The SMILES string of the molecule is CCC(CC)C(=O)N(CC(F)(F)F)C1CCNCC1. The van der Waals surface area contributed by atoms with Gasteiger partial charge in [-0.05, 0) is 38.8 Å². The maximum absolute atomic E-state index is 12.7. The fraction of sp³-hybridized carbons (Fsp3) is 0.923. The largest absolute Gasteiger partial charge is 0.406 e. The van der Waals surface area contributed by atoms with Crippen molar-refractivity contribution in [1.29, 1.82) is 0 Å². The van der Waals surface area contributed by atoms with Crippen molar-refractivity contribution in [3.63, 3.8) is 0 Å². The van der Waals surface area contributed by atoms with Crippen molar-refractivity contribution in [2.45, 2.75) is 51.7 Å².